The highest BCUT2D eigenvalue weighted by atomic mass is 35.5. The van der Waals surface area contributed by atoms with Crippen molar-refractivity contribution in [3.05, 3.63) is 39.8 Å². The molecule has 1 atom stereocenters. The third kappa shape index (κ3) is 3.16. The smallest absolute Gasteiger partial charge is 0.352 e. The monoisotopic (exact) mass is 350 g/mol. The van der Waals surface area contributed by atoms with Crippen LogP contribution in [-0.2, 0) is 4.79 Å². The van der Waals surface area contributed by atoms with Crippen LogP contribution in [0.2, 0.25) is 5.02 Å². The van der Waals surface area contributed by atoms with Crippen molar-refractivity contribution < 1.29 is 9.59 Å². The standard InChI is InChI=1S/C14H15ClN6O3/c1-9(22)16-11-6-7-19(8-11)13(23)21-14(24)20(17-18-21)12-4-2-10(15)3-5-12/h2-5,11H,6-8H2,1H3,(H,16,22)/t11-/m0/s1. The second kappa shape index (κ2) is 6.44. The van der Waals surface area contributed by atoms with E-state index in [1.165, 1.54) is 11.8 Å². The van der Waals surface area contributed by atoms with Gasteiger partial charge in [0.25, 0.3) is 0 Å². The SMILES string of the molecule is CC(=O)N[C@H]1CCN(C(=O)n2nnn(-c3ccc(Cl)cc3)c2=O)C1. The Morgan fingerprint density at radius 3 is 2.62 bits per heavy atom. The van der Waals surface area contributed by atoms with Crippen LogP contribution in [0.1, 0.15) is 13.3 Å². The van der Waals surface area contributed by atoms with Crippen molar-refractivity contribution >= 4 is 23.5 Å². The largest absolute Gasteiger partial charge is 0.377 e. The minimum Gasteiger partial charge on any atom is -0.352 e. The number of carbonyl (C=O) groups excluding carboxylic acids is 2. The molecule has 0 spiro atoms. The number of hydrogen-bond donors (Lipinski definition) is 1. The van der Waals surface area contributed by atoms with Crippen molar-refractivity contribution in [2.45, 2.75) is 19.4 Å². The molecular formula is C14H15ClN6O3. The van der Waals surface area contributed by atoms with Gasteiger partial charge in [-0.3, -0.25) is 4.79 Å². The van der Waals surface area contributed by atoms with Crippen LogP contribution in [0.15, 0.2) is 29.1 Å². The van der Waals surface area contributed by atoms with E-state index in [4.69, 9.17) is 11.6 Å². The molecule has 1 aromatic carbocycles. The minimum absolute atomic E-state index is 0.117. The maximum absolute atomic E-state index is 12.4. The molecule has 1 N–H and O–H groups in total. The van der Waals surface area contributed by atoms with Gasteiger partial charge in [0, 0.05) is 31.1 Å². The summed E-state index contributed by atoms with van der Waals surface area (Å²) in [7, 11) is 0. The molecule has 2 amide bonds. The van der Waals surface area contributed by atoms with Crippen molar-refractivity contribution in [1.82, 2.24) is 30.0 Å². The van der Waals surface area contributed by atoms with E-state index < -0.39 is 11.7 Å². The molecule has 3 rings (SSSR count). The normalized spacial score (nSPS) is 17.1. The number of hydrogen-bond acceptors (Lipinski definition) is 5. The van der Waals surface area contributed by atoms with Gasteiger partial charge in [0.1, 0.15) is 0 Å². The Morgan fingerprint density at radius 1 is 1.25 bits per heavy atom. The summed E-state index contributed by atoms with van der Waals surface area (Å²) in [5, 5.41) is 10.7. The maximum atomic E-state index is 12.4. The van der Waals surface area contributed by atoms with E-state index >= 15 is 0 Å². The van der Waals surface area contributed by atoms with Crippen LogP contribution in [-0.4, -0.2) is 55.8 Å². The average molecular weight is 351 g/mol. The van der Waals surface area contributed by atoms with Gasteiger partial charge in [-0.05, 0) is 41.1 Å². The van der Waals surface area contributed by atoms with E-state index in [2.05, 4.69) is 15.7 Å². The Kier molecular flexibility index (Phi) is 4.34. The summed E-state index contributed by atoms with van der Waals surface area (Å²) in [5.41, 5.74) is -0.203. The molecule has 1 aliphatic rings. The zero-order chi connectivity index (χ0) is 17.3. The molecule has 1 fully saturated rings. The second-order valence-electron chi connectivity index (χ2n) is 5.48. The highest BCUT2D eigenvalue weighted by Crippen LogP contribution is 2.12. The van der Waals surface area contributed by atoms with Crippen LogP contribution in [0, 0.1) is 0 Å². The molecule has 126 valence electrons. The number of halogens is 1. The molecule has 2 heterocycles. The Bertz CT molecular complexity index is 828. The Labute approximate surface area is 141 Å². The Morgan fingerprint density at radius 2 is 1.96 bits per heavy atom. The highest BCUT2D eigenvalue weighted by molar-refractivity contribution is 6.30. The minimum atomic E-state index is -0.662. The number of rotatable bonds is 2. The molecular weight excluding hydrogens is 336 g/mol. The molecule has 0 bridgehead atoms. The topological polar surface area (TPSA) is 102 Å². The number of carbonyl (C=O) groups is 2. The first-order valence-corrected chi connectivity index (χ1v) is 7.71. The molecule has 0 aliphatic carbocycles. The van der Waals surface area contributed by atoms with Gasteiger partial charge in [-0.2, -0.15) is 4.68 Å². The summed E-state index contributed by atoms with van der Waals surface area (Å²) in [6.07, 6.45) is 0.630. The predicted molar refractivity (Wildman–Crippen MR) is 85.2 cm³/mol. The lowest BCUT2D eigenvalue weighted by Gasteiger charge is -2.15. The van der Waals surface area contributed by atoms with Crippen molar-refractivity contribution in [2.75, 3.05) is 13.1 Å². The lowest BCUT2D eigenvalue weighted by molar-refractivity contribution is -0.119. The third-order valence-corrected chi connectivity index (χ3v) is 3.95. The summed E-state index contributed by atoms with van der Waals surface area (Å²) in [5.74, 6) is -0.153. The number of nitrogens with one attached hydrogen (secondary N) is 1. The zero-order valence-electron chi connectivity index (χ0n) is 12.8. The number of amides is 2. The summed E-state index contributed by atoms with van der Waals surface area (Å²) in [6, 6.07) is 5.76. The number of benzene rings is 1. The lowest BCUT2D eigenvalue weighted by Crippen LogP contribution is -2.42. The fraction of sp³-hybridized carbons (Fsp3) is 0.357. The molecule has 9 nitrogen and oxygen atoms in total. The van der Waals surface area contributed by atoms with E-state index in [0.29, 0.717) is 34.9 Å². The first-order valence-electron chi connectivity index (χ1n) is 7.33. The van der Waals surface area contributed by atoms with Crippen LogP contribution in [0.3, 0.4) is 0 Å². The van der Waals surface area contributed by atoms with Gasteiger partial charge >= 0.3 is 11.7 Å². The first kappa shape index (κ1) is 16.2. The van der Waals surface area contributed by atoms with Crippen LogP contribution in [0.4, 0.5) is 4.79 Å². The molecule has 0 unspecified atom stereocenters. The van der Waals surface area contributed by atoms with Crippen LogP contribution < -0.4 is 11.0 Å². The fourth-order valence-corrected chi connectivity index (χ4v) is 2.71. The third-order valence-electron chi connectivity index (χ3n) is 3.70. The van der Waals surface area contributed by atoms with E-state index in [1.807, 2.05) is 0 Å². The summed E-state index contributed by atoms with van der Waals surface area (Å²) >= 11 is 5.81. The summed E-state index contributed by atoms with van der Waals surface area (Å²) in [6.45, 7) is 2.19. The average Bonchev–Trinajstić information content (AvgIpc) is 3.14. The van der Waals surface area contributed by atoms with Crippen LogP contribution in [0.25, 0.3) is 5.69 Å². The number of nitrogens with zero attached hydrogens (tertiary/aromatic N) is 5. The zero-order valence-corrected chi connectivity index (χ0v) is 13.6. The highest BCUT2D eigenvalue weighted by Gasteiger charge is 2.29. The molecule has 24 heavy (non-hydrogen) atoms. The van der Waals surface area contributed by atoms with Crippen molar-refractivity contribution in [2.24, 2.45) is 0 Å². The molecule has 0 saturated carbocycles. The van der Waals surface area contributed by atoms with Gasteiger partial charge < -0.3 is 10.2 Å². The molecule has 1 saturated heterocycles. The summed E-state index contributed by atoms with van der Waals surface area (Å²) in [4.78, 5) is 37.3. The lowest BCUT2D eigenvalue weighted by atomic mass is 10.3. The van der Waals surface area contributed by atoms with Crippen LogP contribution in [0.5, 0.6) is 0 Å². The Balaban J connectivity index is 1.79. The molecule has 10 heteroatoms. The number of aromatic nitrogens is 4. The fourth-order valence-electron chi connectivity index (χ4n) is 2.58. The van der Waals surface area contributed by atoms with E-state index in [1.54, 1.807) is 24.3 Å². The van der Waals surface area contributed by atoms with Crippen molar-refractivity contribution in [3.63, 3.8) is 0 Å². The van der Waals surface area contributed by atoms with Gasteiger partial charge in [-0.1, -0.05) is 11.6 Å². The summed E-state index contributed by atoms with van der Waals surface area (Å²) < 4.78 is 1.74. The van der Waals surface area contributed by atoms with Crippen molar-refractivity contribution in [1.29, 1.82) is 0 Å². The van der Waals surface area contributed by atoms with Gasteiger partial charge in [0.2, 0.25) is 5.91 Å². The molecule has 1 aromatic heterocycles. The molecule has 0 radical (unpaired) electrons. The molecule has 1 aliphatic heterocycles. The van der Waals surface area contributed by atoms with E-state index in [0.717, 1.165) is 4.68 Å². The van der Waals surface area contributed by atoms with E-state index in [-0.39, 0.29) is 11.9 Å². The van der Waals surface area contributed by atoms with Crippen LogP contribution >= 0.6 is 11.6 Å². The first-order chi connectivity index (χ1) is 11.5. The van der Waals surface area contributed by atoms with Gasteiger partial charge in [0.05, 0.1) is 5.69 Å². The van der Waals surface area contributed by atoms with Gasteiger partial charge in [-0.25, -0.2) is 9.59 Å². The molecule has 2 aromatic rings. The second-order valence-corrected chi connectivity index (χ2v) is 5.91. The van der Waals surface area contributed by atoms with Crippen molar-refractivity contribution in [3.8, 4) is 5.69 Å². The van der Waals surface area contributed by atoms with Gasteiger partial charge in [0.15, 0.2) is 0 Å². The number of likely N-dealkylation sites (tertiary alicyclic amines) is 1. The van der Waals surface area contributed by atoms with Gasteiger partial charge in [-0.15, -0.1) is 4.68 Å². The number of tetrazole rings is 1. The maximum Gasteiger partial charge on any atom is 0.377 e. The predicted octanol–water partition coefficient (Wildman–Crippen LogP) is 0.261. The van der Waals surface area contributed by atoms with E-state index in [9.17, 15) is 14.4 Å². The quantitative estimate of drug-likeness (QED) is 0.783. The Hall–Kier alpha value is -2.68.